The number of carbonyl (C=O) groups is 1. The van der Waals surface area contributed by atoms with Crippen LogP contribution in [-0.4, -0.2) is 39.7 Å². The van der Waals surface area contributed by atoms with Crippen molar-refractivity contribution in [2.45, 2.75) is 25.4 Å². The first-order chi connectivity index (χ1) is 13.6. The third kappa shape index (κ3) is 3.89. The molecular formula is C20H23ClN6O. The number of hydrogen-bond donors (Lipinski definition) is 2. The fourth-order valence-electron chi connectivity index (χ4n) is 3.66. The van der Waals surface area contributed by atoms with E-state index in [9.17, 15) is 4.79 Å². The minimum Gasteiger partial charge on any atom is -0.371 e. The van der Waals surface area contributed by atoms with Gasteiger partial charge in [0.1, 0.15) is 5.82 Å². The number of amides is 2. The lowest BCUT2D eigenvalue weighted by atomic mass is 10.0. The van der Waals surface area contributed by atoms with Crippen molar-refractivity contribution < 1.29 is 4.79 Å². The van der Waals surface area contributed by atoms with E-state index < -0.39 is 0 Å². The number of hydrogen-bond acceptors (Lipinski definition) is 4. The molecule has 1 aromatic carbocycles. The molecule has 7 nitrogen and oxygen atoms in total. The minimum absolute atomic E-state index is 0.166. The Balaban J connectivity index is 1.29. The van der Waals surface area contributed by atoms with Crippen LogP contribution in [0.1, 0.15) is 18.7 Å². The molecule has 0 spiro atoms. The van der Waals surface area contributed by atoms with E-state index in [2.05, 4.69) is 25.5 Å². The van der Waals surface area contributed by atoms with Crippen molar-refractivity contribution >= 4 is 34.4 Å². The summed E-state index contributed by atoms with van der Waals surface area (Å²) < 4.78 is 1.92. The topological polar surface area (TPSA) is 75.1 Å². The van der Waals surface area contributed by atoms with Crippen molar-refractivity contribution in [1.29, 1.82) is 0 Å². The molecule has 4 rings (SSSR count). The number of imidazole rings is 1. The highest BCUT2D eigenvalue weighted by Gasteiger charge is 2.21. The van der Waals surface area contributed by atoms with Gasteiger partial charge >= 0.3 is 6.03 Å². The van der Waals surface area contributed by atoms with Crippen LogP contribution in [0.4, 0.5) is 10.5 Å². The van der Waals surface area contributed by atoms with Gasteiger partial charge in [-0.1, -0.05) is 17.7 Å². The van der Waals surface area contributed by atoms with E-state index in [1.807, 2.05) is 41.9 Å². The van der Waals surface area contributed by atoms with Gasteiger partial charge in [-0.15, -0.1) is 0 Å². The fourth-order valence-corrected chi connectivity index (χ4v) is 3.96. The Hall–Kier alpha value is -2.80. The number of benzene rings is 1. The lowest BCUT2D eigenvalue weighted by Crippen LogP contribution is -2.47. The van der Waals surface area contributed by atoms with Crippen molar-refractivity contribution in [3.05, 3.63) is 53.6 Å². The number of fused-ring (bicyclic) bond motifs is 1. The quantitative estimate of drug-likeness (QED) is 0.708. The molecule has 3 heterocycles. The molecule has 8 heteroatoms. The second kappa shape index (κ2) is 8.06. The maximum absolute atomic E-state index is 12.3. The summed E-state index contributed by atoms with van der Waals surface area (Å²) in [5, 5.41) is 6.64. The average Bonchev–Trinajstić information content (AvgIpc) is 3.04. The van der Waals surface area contributed by atoms with Gasteiger partial charge in [0.25, 0.3) is 0 Å². The van der Waals surface area contributed by atoms with Crippen LogP contribution in [0.2, 0.25) is 5.02 Å². The molecule has 1 fully saturated rings. The number of para-hydroxylation sites is 1. The van der Waals surface area contributed by atoms with Gasteiger partial charge in [0.2, 0.25) is 0 Å². The number of nitrogens with one attached hydrogen (secondary N) is 2. The van der Waals surface area contributed by atoms with Crippen LogP contribution in [-0.2, 0) is 13.6 Å². The molecule has 0 atom stereocenters. The number of rotatable bonds is 4. The Labute approximate surface area is 168 Å². The predicted molar refractivity (Wildman–Crippen MR) is 111 cm³/mol. The van der Waals surface area contributed by atoms with Gasteiger partial charge in [-0.3, -0.25) is 4.98 Å². The van der Waals surface area contributed by atoms with Crippen LogP contribution in [0.3, 0.4) is 0 Å². The number of aromatic nitrogens is 3. The number of carbonyl (C=O) groups excluding carboxylic acids is 1. The molecule has 2 amide bonds. The van der Waals surface area contributed by atoms with E-state index in [4.69, 9.17) is 11.6 Å². The van der Waals surface area contributed by atoms with Crippen LogP contribution in [0.15, 0.2) is 42.7 Å². The number of anilines is 1. The number of aryl methyl sites for hydroxylation is 1. The Kier molecular flexibility index (Phi) is 5.34. The fraction of sp³-hybridized carbons (Fsp3) is 0.350. The van der Waals surface area contributed by atoms with Crippen LogP contribution in [0.5, 0.6) is 0 Å². The highest BCUT2D eigenvalue weighted by atomic mass is 35.5. The molecule has 0 aliphatic carbocycles. The van der Waals surface area contributed by atoms with Gasteiger partial charge in [0.05, 0.1) is 22.6 Å². The second-order valence-corrected chi connectivity index (χ2v) is 7.40. The van der Waals surface area contributed by atoms with Gasteiger partial charge in [0, 0.05) is 44.3 Å². The molecule has 2 N–H and O–H groups in total. The second-order valence-electron chi connectivity index (χ2n) is 6.99. The normalized spacial score (nSPS) is 15.0. The van der Waals surface area contributed by atoms with E-state index in [0.29, 0.717) is 11.6 Å². The third-order valence-corrected chi connectivity index (χ3v) is 5.51. The molecule has 1 aliphatic rings. The molecule has 1 aliphatic heterocycles. The Morgan fingerprint density at radius 3 is 2.68 bits per heavy atom. The Morgan fingerprint density at radius 1 is 1.21 bits per heavy atom. The van der Waals surface area contributed by atoms with Crippen molar-refractivity contribution in [3.63, 3.8) is 0 Å². The standard InChI is InChI=1S/C20H23ClN6O/c1-26-18(25-17-4-2-3-16(21)19(17)26)13-23-20(28)24-14-7-11-27(12-8-14)15-5-9-22-10-6-15/h2-6,9-10,14H,7-8,11-13H2,1H3,(H2,23,24,28). The summed E-state index contributed by atoms with van der Waals surface area (Å²) in [6.45, 7) is 2.18. The van der Waals surface area contributed by atoms with Crippen molar-refractivity contribution in [2.24, 2.45) is 7.05 Å². The molecule has 1 saturated heterocycles. The molecule has 28 heavy (non-hydrogen) atoms. The summed E-state index contributed by atoms with van der Waals surface area (Å²) in [5.74, 6) is 0.769. The number of piperidine rings is 1. The third-order valence-electron chi connectivity index (χ3n) is 5.20. The maximum Gasteiger partial charge on any atom is 0.315 e. The van der Waals surface area contributed by atoms with Crippen molar-refractivity contribution in [3.8, 4) is 0 Å². The summed E-state index contributed by atoms with van der Waals surface area (Å²) in [5.41, 5.74) is 2.89. The largest absolute Gasteiger partial charge is 0.371 e. The summed E-state index contributed by atoms with van der Waals surface area (Å²) in [7, 11) is 1.91. The number of halogens is 1. The maximum atomic E-state index is 12.3. The molecule has 0 bridgehead atoms. The highest BCUT2D eigenvalue weighted by Crippen LogP contribution is 2.23. The van der Waals surface area contributed by atoms with Crippen LogP contribution in [0, 0.1) is 0 Å². The molecule has 0 unspecified atom stereocenters. The zero-order chi connectivity index (χ0) is 19.5. The van der Waals surface area contributed by atoms with E-state index >= 15 is 0 Å². The van der Waals surface area contributed by atoms with Gasteiger partial charge in [-0.05, 0) is 37.1 Å². The zero-order valence-electron chi connectivity index (χ0n) is 15.7. The SMILES string of the molecule is Cn1c(CNC(=O)NC2CCN(c3ccncc3)CC2)nc2cccc(Cl)c21. The monoisotopic (exact) mass is 398 g/mol. The lowest BCUT2D eigenvalue weighted by molar-refractivity contribution is 0.233. The van der Waals surface area contributed by atoms with E-state index in [-0.39, 0.29) is 12.1 Å². The van der Waals surface area contributed by atoms with Crippen molar-refractivity contribution in [2.75, 3.05) is 18.0 Å². The Morgan fingerprint density at radius 2 is 1.96 bits per heavy atom. The van der Waals surface area contributed by atoms with Crippen LogP contribution >= 0.6 is 11.6 Å². The van der Waals surface area contributed by atoms with E-state index in [0.717, 1.165) is 42.8 Å². The molecule has 3 aromatic rings. The van der Waals surface area contributed by atoms with Gasteiger partial charge in [-0.2, -0.15) is 0 Å². The first-order valence-corrected chi connectivity index (χ1v) is 9.79. The first-order valence-electron chi connectivity index (χ1n) is 9.41. The first kappa shape index (κ1) is 18.6. The number of urea groups is 1. The minimum atomic E-state index is -0.166. The van der Waals surface area contributed by atoms with Crippen molar-refractivity contribution in [1.82, 2.24) is 25.2 Å². The molecule has 0 radical (unpaired) electrons. The van der Waals surface area contributed by atoms with Crippen LogP contribution in [0.25, 0.3) is 11.0 Å². The van der Waals surface area contributed by atoms with Gasteiger partial charge in [-0.25, -0.2) is 9.78 Å². The van der Waals surface area contributed by atoms with Gasteiger partial charge < -0.3 is 20.1 Å². The summed E-state index contributed by atoms with van der Waals surface area (Å²) >= 11 is 6.26. The Bertz CT molecular complexity index is 965. The van der Waals surface area contributed by atoms with E-state index in [1.54, 1.807) is 12.4 Å². The lowest BCUT2D eigenvalue weighted by Gasteiger charge is -2.33. The number of pyridine rings is 1. The molecule has 2 aromatic heterocycles. The smallest absolute Gasteiger partial charge is 0.315 e. The van der Waals surface area contributed by atoms with E-state index in [1.165, 1.54) is 5.69 Å². The summed E-state index contributed by atoms with van der Waals surface area (Å²) in [4.78, 5) is 23.3. The molecule has 146 valence electrons. The summed E-state index contributed by atoms with van der Waals surface area (Å²) in [6.07, 6.45) is 5.44. The molecule has 0 saturated carbocycles. The zero-order valence-corrected chi connectivity index (χ0v) is 16.5. The highest BCUT2D eigenvalue weighted by molar-refractivity contribution is 6.35. The predicted octanol–water partition coefficient (Wildman–Crippen LogP) is 3.09. The number of nitrogens with zero attached hydrogens (tertiary/aromatic N) is 4. The van der Waals surface area contributed by atoms with Crippen LogP contribution < -0.4 is 15.5 Å². The molecular weight excluding hydrogens is 376 g/mol. The van der Waals surface area contributed by atoms with Gasteiger partial charge in [0.15, 0.2) is 0 Å². The summed E-state index contributed by atoms with van der Waals surface area (Å²) in [6, 6.07) is 9.68. The average molecular weight is 399 g/mol.